The van der Waals surface area contributed by atoms with E-state index in [-0.39, 0.29) is 16.8 Å². The average molecular weight is 550 g/mol. The van der Waals surface area contributed by atoms with Gasteiger partial charge in [0.25, 0.3) is 0 Å². The second-order valence-corrected chi connectivity index (χ2v) is 9.67. The molecule has 2 aromatic rings. The molecule has 31 heavy (non-hydrogen) atoms. The van der Waals surface area contributed by atoms with Crippen molar-refractivity contribution in [3.63, 3.8) is 0 Å². The molecule has 2 aromatic carbocycles. The Morgan fingerprint density at radius 3 is 2.03 bits per heavy atom. The van der Waals surface area contributed by atoms with Crippen LogP contribution in [0.4, 0.5) is 0 Å². The van der Waals surface area contributed by atoms with Crippen molar-refractivity contribution in [3.8, 4) is 11.1 Å². The van der Waals surface area contributed by atoms with Gasteiger partial charge < -0.3 is 0 Å². The van der Waals surface area contributed by atoms with Crippen LogP contribution in [0.3, 0.4) is 0 Å². The molecule has 0 unspecified atom stereocenters. The standard InChI is InChI=1S/C29H26Br2.8H2/c1-3-5-7-9-11-13-19-29(20-14-12-10-8-6-4-2)27-21-23(30)15-17-25(27)26-18-16-24(31)22-28(26)29;;;;;;;;/h15-19,21-22H,1,4,6,8,10,12,14,20H2,2H3;8*1H. The zero-order valence-corrected chi connectivity index (χ0v) is 21.1. The van der Waals surface area contributed by atoms with Crippen LogP contribution in [0, 0.1) is 0 Å². The van der Waals surface area contributed by atoms with Crippen LogP contribution < -0.4 is 0 Å². The Kier molecular flexibility index (Phi) is 8.67. The summed E-state index contributed by atoms with van der Waals surface area (Å²) in [6, 6.07) is 13.2. The van der Waals surface area contributed by atoms with Gasteiger partial charge in [-0.15, -0.1) is 0 Å². The van der Waals surface area contributed by atoms with E-state index in [1.807, 2.05) is 0 Å². The maximum atomic E-state index is 3.69. The fourth-order valence-corrected chi connectivity index (χ4v) is 5.09. The van der Waals surface area contributed by atoms with Crippen LogP contribution in [-0.2, 0) is 5.41 Å². The monoisotopic (exact) mass is 548 g/mol. The highest BCUT2D eigenvalue weighted by Crippen LogP contribution is 2.53. The summed E-state index contributed by atoms with van der Waals surface area (Å²) in [4.78, 5) is 0. The number of unbranched alkanes of at least 4 members (excludes halogenated alkanes) is 5. The van der Waals surface area contributed by atoms with Gasteiger partial charge in [0, 0.05) is 25.8 Å². The molecule has 0 aliphatic heterocycles. The molecule has 0 saturated carbocycles. The van der Waals surface area contributed by atoms with Gasteiger partial charge in [-0.2, -0.15) is 0 Å². The SMILES string of the molecule is C=C=C=C=C=C=C=CC1(CCCCCCCC)c2cc(Br)ccc2-c2ccc(Br)cc21.[HH].[HH].[HH].[HH].[HH].[HH].[HH].[HH]. The van der Waals surface area contributed by atoms with Crippen LogP contribution in [0.5, 0.6) is 0 Å². The van der Waals surface area contributed by atoms with Crippen LogP contribution in [-0.4, -0.2) is 0 Å². The summed E-state index contributed by atoms with van der Waals surface area (Å²) in [6.45, 7) is 5.74. The van der Waals surface area contributed by atoms with E-state index in [0.29, 0.717) is 0 Å². The van der Waals surface area contributed by atoms with Crippen molar-refractivity contribution in [2.75, 3.05) is 0 Å². The molecule has 0 atom stereocenters. The lowest BCUT2D eigenvalue weighted by Gasteiger charge is -2.28. The summed E-state index contributed by atoms with van der Waals surface area (Å²) >= 11 is 7.39. The van der Waals surface area contributed by atoms with Crippen LogP contribution in [0.2, 0.25) is 0 Å². The molecule has 0 spiro atoms. The largest absolute Gasteiger partial charge is 0.0687 e. The van der Waals surface area contributed by atoms with Gasteiger partial charge in [0.05, 0.1) is 0 Å². The highest BCUT2D eigenvalue weighted by atomic mass is 79.9. The van der Waals surface area contributed by atoms with E-state index in [4.69, 9.17) is 0 Å². The van der Waals surface area contributed by atoms with Crippen molar-refractivity contribution >= 4 is 31.9 Å². The van der Waals surface area contributed by atoms with Crippen molar-refractivity contribution in [2.45, 2.75) is 57.3 Å². The first-order chi connectivity index (χ1) is 15.1. The molecule has 0 radical (unpaired) electrons. The molecule has 0 N–H and O–H groups in total. The Hall–Kier alpha value is -2.18. The van der Waals surface area contributed by atoms with E-state index < -0.39 is 0 Å². The lowest BCUT2D eigenvalue weighted by atomic mass is 9.74. The summed E-state index contributed by atoms with van der Waals surface area (Å²) in [5.74, 6) is 0. The first kappa shape index (κ1) is 23.5. The molecular formula is C29H42Br2. The van der Waals surface area contributed by atoms with E-state index in [0.717, 1.165) is 15.4 Å². The molecule has 2 heteroatoms. The average Bonchev–Trinajstić information content (AvgIpc) is 3.02. The smallest absolute Gasteiger partial charge is 0.0475 e. The molecule has 0 bridgehead atoms. The number of halogens is 2. The summed E-state index contributed by atoms with van der Waals surface area (Å²) in [5, 5.41) is 0. The second kappa shape index (κ2) is 11.4. The third-order valence-corrected chi connectivity index (χ3v) is 6.79. The third kappa shape index (κ3) is 5.55. The minimum atomic E-state index is -0.240. The molecule has 1 aliphatic carbocycles. The Balaban J connectivity index is -0.000000340. The Morgan fingerprint density at radius 2 is 1.42 bits per heavy atom. The molecule has 0 nitrogen and oxygen atoms in total. The first-order valence-corrected chi connectivity index (χ1v) is 12.4. The fourth-order valence-electron chi connectivity index (χ4n) is 4.37. The lowest BCUT2D eigenvalue weighted by molar-refractivity contribution is 0.517. The predicted octanol–water partition coefficient (Wildman–Crippen LogP) is 11.3. The Labute approximate surface area is 214 Å². The number of benzene rings is 2. The summed E-state index contributed by atoms with van der Waals surface area (Å²) < 4.78 is 2.19. The van der Waals surface area contributed by atoms with Crippen LogP contribution >= 0.6 is 31.9 Å². The fraction of sp³-hybridized carbons (Fsp3) is 0.310. The van der Waals surface area contributed by atoms with Gasteiger partial charge in [-0.25, -0.2) is 0 Å². The van der Waals surface area contributed by atoms with Gasteiger partial charge in [0.15, 0.2) is 0 Å². The maximum absolute atomic E-state index is 3.69. The Morgan fingerprint density at radius 1 is 0.839 bits per heavy atom. The number of rotatable bonds is 8. The Bertz CT molecular complexity index is 1160. The van der Waals surface area contributed by atoms with Crippen molar-refractivity contribution in [1.29, 1.82) is 0 Å². The highest BCUT2D eigenvalue weighted by molar-refractivity contribution is 9.10. The third-order valence-electron chi connectivity index (χ3n) is 5.81. The molecule has 0 saturated heterocycles. The van der Waals surface area contributed by atoms with Crippen molar-refractivity contribution in [3.05, 3.63) is 104 Å². The molecule has 0 fully saturated rings. The van der Waals surface area contributed by atoms with Crippen molar-refractivity contribution < 1.29 is 11.4 Å². The van der Waals surface area contributed by atoms with Gasteiger partial charge in [0.2, 0.25) is 0 Å². The molecule has 0 amide bonds. The van der Waals surface area contributed by atoms with E-state index in [1.165, 1.54) is 60.8 Å². The summed E-state index contributed by atoms with van der Waals surface area (Å²) in [7, 11) is 0. The molecule has 0 heterocycles. The topological polar surface area (TPSA) is 0 Å². The van der Waals surface area contributed by atoms with Crippen molar-refractivity contribution in [1.82, 2.24) is 0 Å². The second-order valence-electron chi connectivity index (χ2n) is 7.83. The minimum absolute atomic E-state index is 0. The van der Waals surface area contributed by atoms with Gasteiger partial charge >= 0.3 is 0 Å². The summed E-state index contributed by atoms with van der Waals surface area (Å²) in [5.41, 5.74) is 21.9. The van der Waals surface area contributed by atoms with Gasteiger partial charge in [-0.3, -0.25) is 0 Å². The van der Waals surface area contributed by atoms with Gasteiger partial charge in [-0.1, -0.05) is 101 Å². The number of fused-ring (bicyclic) bond motifs is 3. The highest BCUT2D eigenvalue weighted by Gasteiger charge is 2.41. The quantitative estimate of drug-likeness (QED) is 0.227. The molecule has 0 aromatic heterocycles. The lowest BCUT2D eigenvalue weighted by Crippen LogP contribution is -2.22. The first-order valence-electron chi connectivity index (χ1n) is 10.8. The maximum Gasteiger partial charge on any atom is 0.0475 e. The number of allylic oxidation sites excluding steroid dienone is 1. The normalized spacial score (nSPS) is 12.2. The number of hydrogen-bond donors (Lipinski definition) is 0. The van der Waals surface area contributed by atoms with E-state index in [9.17, 15) is 0 Å². The minimum Gasteiger partial charge on any atom is -0.0687 e. The predicted molar refractivity (Wildman–Crippen MR) is 154 cm³/mol. The molecule has 172 valence electrons. The molecule has 3 rings (SSSR count). The van der Waals surface area contributed by atoms with E-state index in [1.54, 1.807) is 0 Å². The van der Waals surface area contributed by atoms with E-state index in [2.05, 4.69) is 122 Å². The molecular weight excluding hydrogens is 508 g/mol. The van der Waals surface area contributed by atoms with Crippen LogP contribution in [0.15, 0.2) is 92.4 Å². The van der Waals surface area contributed by atoms with Gasteiger partial charge in [-0.05, 0) is 88.5 Å². The molecule has 1 aliphatic rings. The van der Waals surface area contributed by atoms with Crippen molar-refractivity contribution in [2.24, 2.45) is 0 Å². The number of hydrogen-bond acceptors (Lipinski definition) is 0. The van der Waals surface area contributed by atoms with Gasteiger partial charge in [0.1, 0.15) is 0 Å². The van der Waals surface area contributed by atoms with Crippen LogP contribution in [0.25, 0.3) is 11.1 Å². The van der Waals surface area contributed by atoms with Crippen LogP contribution in [0.1, 0.15) is 74.4 Å². The summed E-state index contributed by atoms with van der Waals surface area (Å²) in [6.07, 6.45) is 10.8. The zero-order valence-electron chi connectivity index (χ0n) is 18.0. The zero-order chi connectivity index (χ0) is 22.1. The van der Waals surface area contributed by atoms with E-state index >= 15 is 0 Å².